The lowest BCUT2D eigenvalue weighted by Gasteiger charge is -2.10. The quantitative estimate of drug-likeness (QED) is 0.844. The molecule has 1 amide bonds. The van der Waals surface area contributed by atoms with Gasteiger partial charge in [-0.15, -0.1) is 13.2 Å². The van der Waals surface area contributed by atoms with Gasteiger partial charge in [0.15, 0.2) is 0 Å². The Morgan fingerprint density at radius 2 is 1.86 bits per heavy atom. The van der Waals surface area contributed by atoms with Crippen LogP contribution < -0.4 is 10.1 Å². The molecule has 0 fully saturated rings. The summed E-state index contributed by atoms with van der Waals surface area (Å²) in [5.74, 6) is -1.92. The monoisotopic (exact) mass is 305 g/mol. The molecule has 0 unspecified atom stereocenters. The molecule has 0 bridgehead atoms. The van der Waals surface area contributed by atoms with Crippen LogP contribution in [0.1, 0.15) is 18.9 Å². The van der Waals surface area contributed by atoms with Crippen molar-refractivity contribution in [3.63, 3.8) is 0 Å². The highest BCUT2D eigenvalue weighted by molar-refractivity contribution is 5.83. The molecule has 1 aromatic carbocycles. The van der Waals surface area contributed by atoms with Crippen LogP contribution in [-0.2, 0) is 16.0 Å². The number of hydrogen-bond acceptors (Lipinski definition) is 3. The number of ether oxygens (including phenoxy) is 1. The highest BCUT2D eigenvalue weighted by Gasteiger charge is 2.30. The van der Waals surface area contributed by atoms with Crippen molar-refractivity contribution < 1.29 is 32.6 Å². The maximum atomic E-state index is 12.0. The van der Waals surface area contributed by atoms with Gasteiger partial charge in [-0.05, 0) is 31.0 Å². The van der Waals surface area contributed by atoms with Gasteiger partial charge in [-0.3, -0.25) is 9.59 Å². The number of alkyl halides is 3. The fourth-order valence-electron chi connectivity index (χ4n) is 1.49. The van der Waals surface area contributed by atoms with Gasteiger partial charge >= 0.3 is 12.3 Å². The molecule has 1 aromatic rings. The Hall–Kier alpha value is -2.25. The van der Waals surface area contributed by atoms with Crippen molar-refractivity contribution in [1.82, 2.24) is 5.32 Å². The van der Waals surface area contributed by atoms with Gasteiger partial charge in [-0.1, -0.05) is 12.1 Å². The topological polar surface area (TPSA) is 75.6 Å². The first-order chi connectivity index (χ1) is 9.67. The van der Waals surface area contributed by atoms with E-state index in [4.69, 9.17) is 5.11 Å². The maximum absolute atomic E-state index is 12.0. The summed E-state index contributed by atoms with van der Waals surface area (Å²) < 4.78 is 39.6. The number of aryl methyl sites for hydroxylation is 1. The van der Waals surface area contributed by atoms with Crippen molar-refractivity contribution in [1.29, 1.82) is 0 Å². The van der Waals surface area contributed by atoms with Crippen molar-refractivity contribution >= 4 is 11.9 Å². The Balaban J connectivity index is 2.46. The lowest BCUT2D eigenvalue weighted by atomic mass is 10.1. The largest absolute Gasteiger partial charge is 0.573 e. The summed E-state index contributed by atoms with van der Waals surface area (Å²) in [6.07, 6.45) is -4.42. The number of rotatable bonds is 6. The van der Waals surface area contributed by atoms with Crippen LogP contribution in [0.5, 0.6) is 5.75 Å². The Morgan fingerprint density at radius 3 is 2.33 bits per heavy atom. The number of carbonyl (C=O) groups excluding carboxylic acids is 1. The molecule has 0 aromatic heterocycles. The average Bonchev–Trinajstić information content (AvgIpc) is 2.36. The minimum absolute atomic E-state index is 0.0388. The fraction of sp³-hybridized carbons (Fsp3) is 0.385. The van der Waals surface area contributed by atoms with Crippen molar-refractivity contribution in [2.45, 2.75) is 32.2 Å². The van der Waals surface area contributed by atoms with Gasteiger partial charge in [0.2, 0.25) is 5.91 Å². The molecule has 0 aliphatic rings. The number of nitrogens with one attached hydrogen (secondary N) is 1. The number of hydrogen-bond donors (Lipinski definition) is 2. The number of carbonyl (C=O) groups is 2. The minimum Gasteiger partial charge on any atom is -0.480 e. The summed E-state index contributed by atoms with van der Waals surface area (Å²) in [5, 5.41) is 10.9. The molecule has 0 aliphatic heterocycles. The average molecular weight is 305 g/mol. The third-order valence-corrected chi connectivity index (χ3v) is 2.55. The zero-order valence-corrected chi connectivity index (χ0v) is 11.1. The van der Waals surface area contributed by atoms with E-state index >= 15 is 0 Å². The molecule has 0 aliphatic carbocycles. The molecule has 0 saturated heterocycles. The van der Waals surface area contributed by atoms with Crippen molar-refractivity contribution in [2.75, 3.05) is 0 Å². The van der Waals surface area contributed by atoms with Gasteiger partial charge in [-0.25, -0.2) is 0 Å². The predicted octanol–water partition coefficient (Wildman–Crippen LogP) is 2.11. The van der Waals surface area contributed by atoms with Crippen LogP contribution in [0, 0.1) is 0 Å². The van der Waals surface area contributed by atoms with E-state index in [0.29, 0.717) is 5.56 Å². The smallest absolute Gasteiger partial charge is 0.480 e. The van der Waals surface area contributed by atoms with E-state index in [1.165, 1.54) is 19.1 Å². The van der Waals surface area contributed by atoms with Gasteiger partial charge in [-0.2, -0.15) is 0 Å². The number of aliphatic carboxylic acids is 1. The van der Waals surface area contributed by atoms with Gasteiger partial charge in [0.1, 0.15) is 11.8 Å². The summed E-state index contributed by atoms with van der Waals surface area (Å²) >= 11 is 0. The van der Waals surface area contributed by atoms with E-state index in [9.17, 15) is 22.8 Å². The molecule has 0 heterocycles. The van der Waals surface area contributed by atoms with Crippen molar-refractivity contribution in [2.24, 2.45) is 0 Å². The third-order valence-electron chi connectivity index (χ3n) is 2.55. The number of carboxylic acid groups (broad SMARTS) is 1. The second-order valence-corrected chi connectivity index (χ2v) is 4.32. The van der Waals surface area contributed by atoms with E-state index in [0.717, 1.165) is 12.1 Å². The zero-order valence-electron chi connectivity index (χ0n) is 11.1. The summed E-state index contributed by atoms with van der Waals surface area (Å²) in [5.41, 5.74) is 0.641. The standard InChI is InChI=1S/C13H14F3NO4/c1-8(12(19)20)17-11(18)7-4-9-2-5-10(6-3-9)21-13(14,15)16/h2-3,5-6,8H,4,7H2,1H3,(H,17,18)(H,19,20)/t8-/m1/s1. The summed E-state index contributed by atoms with van der Waals surface area (Å²) in [6.45, 7) is 1.34. The fourth-order valence-corrected chi connectivity index (χ4v) is 1.49. The van der Waals surface area contributed by atoms with Crippen LogP contribution in [0.4, 0.5) is 13.2 Å². The maximum Gasteiger partial charge on any atom is 0.573 e. The van der Waals surface area contributed by atoms with E-state index < -0.39 is 24.3 Å². The molecule has 5 nitrogen and oxygen atoms in total. The molecule has 116 valence electrons. The lowest BCUT2D eigenvalue weighted by Crippen LogP contribution is -2.38. The van der Waals surface area contributed by atoms with Gasteiger partial charge in [0.25, 0.3) is 0 Å². The van der Waals surface area contributed by atoms with Crippen LogP contribution in [0.2, 0.25) is 0 Å². The van der Waals surface area contributed by atoms with Crippen molar-refractivity contribution in [3.05, 3.63) is 29.8 Å². The Bertz CT molecular complexity index is 499. The molecule has 0 radical (unpaired) electrons. The molecular formula is C13H14F3NO4. The Morgan fingerprint density at radius 1 is 1.29 bits per heavy atom. The minimum atomic E-state index is -4.74. The normalized spacial score (nSPS) is 12.6. The van der Waals surface area contributed by atoms with Crippen LogP contribution in [0.3, 0.4) is 0 Å². The number of benzene rings is 1. The number of amides is 1. The molecule has 2 N–H and O–H groups in total. The van der Waals surface area contributed by atoms with Crippen LogP contribution in [0.25, 0.3) is 0 Å². The van der Waals surface area contributed by atoms with Gasteiger partial charge in [0.05, 0.1) is 0 Å². The van der Waals surface area contributed by atoms with Gasteiger partial charge < -0.3 is 15.2 Å². The highest BCUT2D eigenvalue weighted by Crippen LogP contribution is 2.22. The summed E-state index contributed by atoms with van der Waals surface area (Å²) in [7, 11) is 0. The van der Waals surface area contributed by atoms with E-state index in [1.807, 2.05) is 0 Å². The molecule has 1 atom stereocenters. The summed E-state index contributed by atoms with van der Waals surface area (Å²) in [4.78, 5) is 22.0. The first kappa shape index (κ1) is 16.8. The molecule has 1 rings (SSSR count). The SMILES string of the molecule is C[C@@H](NC(=O)CCc1ccc(OC(F)(F)F)cc1)C(=O)O. The second-order valence-electron chi connectivity index (χ2n) is 4.32. The molecule has 8 heteroatoms. The van der Waals surface area contributed by atoms with Gasteiger partial charge in [0, 0.05) is 6.42 Å². The molecule has 21 heavy (non-hydrogen) atoms. The first-order valence-electron chi connectivity index (χ1n) is 6.04. The second kappa shape index (κ2) is 6.96. The van der Waals surface area contributed by atoms with Crippen LogP contribution >= 0.6 is 0 Å². The molecular weight excluding hydrogens is 291 g/mol. The first-order valence-corrected chi connectivity index (χ1v) is 6.04. The number of halogens is 3. The van der Waals surface area contributed by atoms with Crippen molar-refractivity contribution in [3.8, 4) is 5.75 Å². The molecule has 0 saturated carbocycles. The number of carboxylic acids is 1. The molecule has 0 spiro atoms. The zero-order chi connectivity index (χ0) is 16.0. The van der Waals surface area contributed by atoms with Crippen LogP contribution in [-0.4, -0.2) is 29.4 Å². The van der Waals surface area contributed by atoms with E-state index in [1.54, 1.807) is 0 Å². The van der Waals surface area contributed by atoms with E-state index in [2.05, 4.69) is 10.1 Å². The van der Waals surface area contributed by atoms with E-state index in [-0.39, 0.29) is 18.6 Å². The predicted molar refractivity (Wildman–Crippen MR) is 66.7 cm³/mol. The highest BCUT2D eigenvalue weighted by atomic mass is 19.4. The Labute approximate surface area is 118 Å². The third kappa shape index (κ3) is 6.64. The lowest BCUT2D eigenvalue weighted by molar-refractivity contribution is -0.274. The van der Waals surface area contributed by atoms with Crippen LogP contribution in [0.15, 0.2) is 24.3 Å². The summed E-state index contributed by atoms with van der Waals surface area (Å²) in [6, 6.07) is 4.14. The Kier molecular flexibility index (Phi) is 5.57.